The van der Waals surface area contributed by atoms with E-state index in [0.29, 0.717) is 21.2 Å². The molecule has 11 heteroatoms. The average molecular weight is 597 g/mol. The predicted molar refractivity (Wildman–Crippen MR) is 159 cm³/mol. The maximum Gasteiger partial charge on any atom is 0.308 e. The molecule has 2 aromatic heterocycles. The number of carbonyl (C=O) groups excluding carboxylic acids is 3. The second-order valence-corrected chi connectivity index (χ2v) is 12.1. The van der Waals surface area contributed by atoms with Crippen LogP contribution in [0, 0.1) is 11.7 Å². The van der Waals surface area contributed by atoms with Gasteiger partial charge in [0.1, 0.15) is 17.6 Å². The number of imide groups is 1. The molecule has 0 aliphatic carbocycles. The van der Waals surface area contributed by atoms with Crippen LogP contribution >= 0.6 is 23.1 Å². The average Bonchev–Trinajstić information content (AvgIpc) is 3.44. The first-order valence-corrected chi connectivity index (χ1v) is 14.8. The molecule has 4 heterocycles. The Hall–Kier alpha value is -4.61. The molecule has 3 aromatic carbocycles. The molecule has 3 unspecified atom stereocenters. The van der Waals surface area contributed by atoms with Gasteiger partial charge in [-0.15, -0.1) is 0 Å². The van der Waals surface area contributed by atoms with Crippen LogP contribution in [0.25, 0.3) is 10.8 Å². The molecule has 8 nitrogen and oxygen atoms in total. The number of fused-ring (bicyclic) bond motifs is 3. The van der Waals surface area contributed by atoms with Crippen molar-refractivity contribution in [1.29, 1.82) is 0 Å². The summed E-state index contributed by atoms with van der Waals surface area (Å²) in [4.78, 5) is 59.8. The van der Waals surface area contributed by atoms with Crippen molar-refractivity contribution in [2.75, 3.05) is 10.2 Å². The Morgan fingerprint density at radius 3 is 2.50 bits per heavy atom. The summed E-state index contributed by atoms with van der Waals surface area (Å²) in [5.74, 6) is -3.18. The van der Waals surface area contributed by atoms with E-state index in [9.17, 15) is 23.6 Å². The van der Waals surface area contributed by atoms with Crippen molar-refractivity contribution in [3.63, 3.8) is 0 Å². The smallest absolute Gasteiger partial charge is 0.308 e. The molecule has 1 fully saturated rings. The molecule has 3 atom stereocenters. The molecule has 0 radical (unpaired) electrons. The highest BCUT2D eigenvalue weighted by Crippen LogP contribution is 2.53. The number of aromatic nitrogens is 2. The van der Waals surface area contributed by atoms with Crippen molar-refractivity contribution in [2.24, 2.45) is 5.92 Å². The van der Waals surface area contributed by atoms with Crippen LogP contribution in [0.2, 0.25) is 0 Å². The van der Waals surface area contributed by atoms with Gasteiger partial charge in [0.2, 0.25) is 17.7 Å². The Kier molecular flexibility index (Phi) is 6.47. The van der Waals surface area contributed by atoms with Gasteiger partial charge in [-0.3, -0.25) is 28.7 Å². The number of thiazole rings is 1. The van der Waals surface area contributed by atoms with Crippen molar-refractivity contribution in [1.82, 2.24) is 9.55 Å². The van der Waals surface area contributed by atoms with Crippen LogP contribution in [0.1, 0.15) is 16.4 Å². The van der Waals surface area contributed by atoms with Crippen LogP contribution < -0.4 is 15.1 Å². The number of rotatable bonds is 5. The van der Waals surface area contributed by atoms with Crippen molar-refractivity contribution in [3.05, 3.63) is 117 Å². The maximum absolute atomic E-state index is 13.8. The van der Waals surface area contributed by atoms with E-state index in [4.69, 9.17) is 0 Å². The summed E-state index contributed by atoms with van der Waals surface area (Å²) in [5.41, 5.74) is 1.59. The topological polar surface area (TPSA) is 101 Å². The number of nitrogens with zero attached hydrogens (tertiary/aromatic N) is 3. The third-order valence-electron chi connectivity index (χ3n) is 7.54. The minimum Gasteiger partial charge on any atom is -0.324 e. The van der Waals surface area contributed by atoms with E-state index in [0.717, 1.165) is 38.8 Å². The van der Waals surface area contributed by atoms with Crippen molar-refractivity contribution in [3.8, 4) is 0 Å². The van der Waals surface area contributed by atoms with Gasteiger partial charge < -0.3 is 5.32 Å². The maximum atomic E-state index is 13.8. The molecule has 0 spiro atoms. The highest BCUT2D eigenvalue weighted by Gasteiger charge is 2.56. The number of carbonyl (C=O) groups is 3. The number of benzene rings is 3. The van der Waals surface area contributed by atoms with E-state index < -0.39 is 40.6 Å². The Morgan fingerprint density at radius 2 is 1.71 bits per heavy atom. The number of halogens is 1. The first-order chi connectivity index (χ1) is 20.4. The van der Waals surface area contributed by atoms with Gasteiger partial charge in [0.05, 0.1) is 16.6 Å². The zero-order valence-corrected chi connectivity index (χ0v) is 23.4. The summed E-state index contributed by atoms with van der Waals surface area (Å²) in [7, 11) is 0. The van der Waals surface area contributed by atoms with Gasteiger partial charge in [-0.25, -0.2) is 9.29 Å². The van der Waals surface area contributed by atoms with E-state index in [-0.39, 0.29) is 17.1 Å². The van der Waals surface area contributed by atoms with Gasteiger partial charge >= 0.3 is 4.87 Å². The minimum atomic E-state index is -0.846. The normalized spacial score (nSPS) is 19.5. The highest BCUT2D eigenvalue weighted by atomic mass is 32.2. The molecule has 1 N–H and O–H groups in total. The molecule has 7 rings (SSSR count). The van der Waals surface area contributed by atoms with Crippen LogP contribution in [0.4, 0.5) is 15.8 Å². The molecule has 2 aliphatic heterocycles. The van der Waals surface area contributed by atoms with E-state index in [1.807, 2.05) is 42.5 Å². The summed E-state index contributed by atoms with van der Waals surface area (Å²) < 4.78 is 15.0. The fourth-order valence-electron chi connectivity index (χ4n) is 5.69. The minimum absolute atomic E-state index is 0.262. The van der Waals surface area contributed by atoms with E-state index in [1.165, 1.54) is 28.8 Å². The van der Waals surface area contributed by atoms with Gasteiger partial charge in [-0.2, -0.15) is 0 Å². The quantitative estimate of drug-likeness (QED) is 0.286. The first kappa shape index (κ1) is 26.3. The Morgan fingerprint density at radius 1 is 0.929 bits per heavy atom. The largest absolute Gasteiger partial charge is 0.324 e. The van der Waals surface area contributed by atoms with Crippen LogP contribution in [0.15, 0.2) is 101 Å². The Bertz CT molecular complexity index is 1940. The molecule has 0 saturated carbocycles. The fraction of sp³-hybridized carbons (Fsp3) is 0.129. The monoisotopic (exact) mass is 596 g/mol. The van der Waals surface area contributed by atoms with Crippen LogP contribution in [-0.4, -0.2) is 32.5 Å². The lowest BCUT2D eigenvalue weighted by atomic mass is 9.84. The lowest BCUT2D eigenvalue weighted by Crippen LogP contribution is -2.33. The van der Waals surface area contributed by atoms with Crippen LogP contribution in [-0.2, 0) is 20.9 Å². The van der Waals surface area contributed by atoms with Crippen molar-refractivity contribution >= 4 is 63.0 Å². The third kappa shape index (κ3) is 4.32. The predicted octanol–water partition coefficient (Wildman–Crippen LogP) is 5.03. The van der Waals surface area contributed by atoms with Crippen LogP contribution in [0.5, 0.6) is 0 Å². The second kappa shape index (κ2) is 10.3. The van der Waals surface area contributed by atoms with Gasteiger partial charge in [-0.1, -0.05) is 65.6 Å². The van der Waals surface area contributed by atoms with Gasteiger partial charge in [0, 0.05) is 34.3 Å². The van der Waals surface area contributed by atoms with Gasteiger partial charge in [0.15, 0.2) is 0 Å². The zero-order chi connectivity index (χ0) is 29.0. The molecule has 3 amide bonds. The molecule has 42 heavy (non-hydrogen) atoms. The summed E-state index contributed by atoms with van der Waals surface area (Å²) in [6, 6.07) is 22.0. The molecular weight excluding hydrogens is 575 g/mol. The number of nitrogens with one attached hydrogen (secondary N) is 1. The molecule has 5 aromatic rings. The second-order valence-electron chi connectivity index (χ2n) is 10.0. The summed E-state index contributed by atoms with van der Waals surface area (Å²) in [6.07, 6.45) is 3.23. The van der Waals surface area contributed by atoms with Crippen molar-refractivity contribution in [2.45, 2.75) is 22.7 Å². The number of amides is 3. The summed E-state index contributed by atoms with van der Waals surface area (Å²) >= 11 is 2.09. The number of hydrogen-bond acceptors (Lipinski definition) is 7. The van der Waals surface area contributed by atoms with E-state index in [2.05, 4.69) is 10.3 Å². The molecular formula is C31H21FN4O4S2. The molecule has 2 aliphatic rings. The van der Waals surface area contributed by atoms with Gasteiger partial charge in [-0.05, 0) is 47.3 Å². The zero-order valence-electron chi connectivity index (χ0n) is 21.8. The SMILES string of the molecule is O=C(Cn1c2c(sc1=O)C(c1cccnc1)C1C(=O)N(c3ccc(F)cc3)C(=O)C1S2)Nc1cccc2ccccc12. The molecule has 208 valence electrons. The number of pyridine rings is 1. The van der Waals surface area contributed by atoms with E-state index >= 15 is 0 Å². The van der Waals surface area contributed by atoms with Crippen LogP contribution in [0.3, 0.4) is 0 Å². The molecule has 1 saturated heterocycles. The molecule has 0 bridgehead atoms. The Labute approximate surface area is 246 Å². The number of thioether (sulfide) groups is 1. The van der Waals surface area contributed by atoms with E-state index in [1.54, 1.807) is 24.5 Å². The lowest BCUT2D eigenvalue weighted by molar-refractivity contribution is -0.122. The third-order valence-corrected chi connectivity index (χ3v) is 10.1. The lowest BCUT2D eigenvalue weighted by Gasteiger charge is -2.30. The number of anilines is 2. The summed E-state index contributed by atoms with van der Waals surface area (Å²) in [5, 5.41) is 4.40. The van der Waals surface area contributed by atoms with Crippen molar-refractivity contribution < 1.29 is 18.8 Å². The summed E-state index contributed by atoms with van der Waals surface area (Å²) in [6.45, 7) is -0.262. The number of hydrogen-bond donors (Lipinski definition) is 1. The highest BCUT2D eigenvalue weighted by molar-refractivity contribution is 8.00. The fourth-order valence-corrected chi connectivity index (χ4v) is 8.46. The Balaban J connectivity index is 1.27. The van der Waals surface area contributed by atoms with Gasteiger partial charge in [0.25, 0.3) is 0 Å². The first-order valence-electron chi connectivity index (χ1n) is 13.1. The standard InChI is InChI=1S/C31H21FN4O4S2/c32-19-10-12-20(13-11-19)36-28(38)25-24(18-7-4-14-33-15-18)27-30(41-26(25)29(36)39)35(31(40)42-27)16-23(37)34-22-9-3-6-17-5-1-2-8-21(17)22/h1-15,24-26H,16H2,(H,34,37).